The van der Waals surface area contributed by atoms with Crippen molar-refractivity contribution in [3.8, 4) is 0 Å². The number of aliphatic hydroxyl groups is 2. The summed E-state index contributed by atoms with van der Waals surface area (Å²) in [5.41, 5.74) is 0.403. The van der Waals surface area contributed by atoms with E-state index in [9.17, 15) is 15.0 Å². The maximum atomic E-state index is 14.1. The number of hydrogen-bond donors (Lipinski definition) is 2. The summed E-state index contributed by atoms with van der Waals surface area (Å²) in [6, 6.07) is 0. The molecular formula is C34H50O8. The second-order valence-corrected chi connectivity index (χ2v) is 13.2. The molecule has 0 aromatic carbocycles. The average Bonchev–Trinajstić information content (AvgIpc) is 3.22. The summed E-state index contributed by atoms with van der Waals surface area (Å²) in [6.07, 6.45) is 11.3. The number of fused-ring (bicyclic) bond motifs is 2. The molecule has 0 saturated carbocycles. The Bertz CT molecular complexity index is 1120. The van der Waals surface area contributed by atoms with Crippen molar-refractivity contribution < 1.29 is 38.7 Å². The van der Waals surface area contributed by atoms with Crippen molar-refractivity contribution >= 4 is 5.97 Å². The Morgan fingerprint density at radius 2 is 1.93 bits per heavy atom. The molecular weight excluding hydrogens is 536 g/mol. The first-order valence-electron chi connectivity index (χ1n) is 16.0. The number of carbonyl (C=O) groups is 1. The zero-order valence-corrected chi connectivity index (χ0v) is 26.1. The summed E-state index contributed by atoms with van der Waals surface area (Å²) in [5.74, 6) is -1.75. The van der Waals surface area contributed by atoms with Gasteiger partial charge in [-0.05, 0) is 63.9 Å². The van der Waals surface area contributed by atoms with Gasteiger partial charge in [0.05, 0.1) is 12.2 Å². The molecule has 0 aromatic rings. The Hall–Kier alpha value is -1.81. The molecule has 2 bridgehead atoms. The van der Waals surface area contributed by atoms with E-state index in [0.29, 0.717) is 42.9 Å². The Kier molecular flexibility index (Phi) is 9.53. The van der Waals surface area contributed by atoms with Crippen LogP contribution in [0.3, 0.4) is 0 Å². The molecule has 4 aliphatic heterocycles. The summed E-state index contributed by atoms with van der Waals surface area (Å²) in [6.45, 7) is 12.6. The average molecular weight is 587 g/mol. The number of ether oxygens (including phenoxy) is 5. The van der Waals surface area contributed by atoms with E-state index in [4.69, 9.17) is 23.7 Å². The van der Waals surface area contributed by atoms with Crippen molar-refractivity contribution in [3.63, 3.8) is 0 Å². The number of allylic oxidation sites excluding steroid dienone is 4. The summed E-state index contributed by atoms with van der Waals surface area (Å²) in [5, 5.41) is 23.4. The highest BCUT2D eigenvalue weighted by molar-refractivity contribution is 5.78. The standard InChI is InChI=1S/C34H50O8/c1-7-28-22(5)14-15-33(42-28)19-25-18-24(41-33)13-12-21(4)16-20(3)10-9-11-26-32(38-8-2)40-30-29(35)23(6)17-27(31(36)39-25)34(26,30)37/h9-12,17,20,22,24-25,27-30,32,35,37H,7-8,13-16,18-19H2,1-6H3/b10-9+,21-12+,26-11+/t20-,22-,24+,25-,27-,28+,29+,30+,32+,33+,34+/m0/s1. The Labute approximate surface area is 250 Å². The molecule has 8 heteroatoms. The smallest absolute Gasteiger partial charge is 0.316 e. The molecule has 5 aliphatic rings. The molecule has 0 unspecified atom stereocenters. The topological polar surface area (TPSA) is 104 Å². The lowest BCUT2D eigenvalue weighted by Gasteiger charge is -2.50. The van der Waals surface area contributed by atoms with Crippen LogP contribution in [0.5, 0.6) is 0 Å². The monoisotopic (exact) mass is 586 g/mol. The van der Waals surface area contributed by atoms with Gasteiger partial charge in [-0.25, -0.2) is 0 Å². The highest BCUT2D eigenvalue weighted by atomic mass is 16.7. The van der Waals surface area contributed by atoms with Gasteiger partial charge in [0.2, 0.25) is 0 Å². The maximum absolute atomic E-state index is 14.1. The molecule has 0 aromatic heterocycles. The molecule has 42 heavy (non-hydrogen) atoms. The van der Waals surface area contributed by atoms with Crippen LogP contribution in [0.25, 0.3) is 0 Å². The third kappa shape index (κ3) is 6.08. The second-order valence-electron chi connectivity index (χ2n) is 13.2. The van der Waals surface area contributed by atoms with Gasteiger partial charge in [0, 0.05) is 31.4 Å². The van der Waals surface area contributed by atoms with Gasteiger partial charge in [-0.2, -0.15) is 0 Å². The first kappa shape index (κ1) is 31.6. The maximum Gasteiger partial charge on any atom is 0.316 e. The zero-order chi connectivity index (χ0) is 30.2. The molecule has 2 N–H and O–H groups in total. The van der Waals surface area contributed by atoms with E-state index in [1.807, 2.05) is 13.0 Å². The van der Waals surface area contributed by atoms with Crippen molar-refractivity contribution in [2.24, 2.45) is 17.8 Å². The molecule has 4 heterocycles. The van der Waals surface area contributed by atoms with E-state index in [2.05, 4.69) is 39.8 Å². The largest absolute Gasteiger partial charge is 0.462 e. The number of rotatable bonds is 3. The third-order valence-electron chi connectivity index (χ3n) is 9.85. The van der Waals surface area contributed by atoms with Crippen LogP contribution in [-0.4, -0.2) is 71.0 Å². The molecule has 1 spiro atoms. The molecule has 3 fully saturated rings. The molecule has 5 rings (SSSR count). The normalized spacial score (nSPS) is 47.9. The van der Waals surface area contributed by atoms with Crippen molar-refractivity contribution in [2.75, 3.05) is 6.61 Å². The van der Waals surface area contributed by atoms with Gasteiger partial charge in [0.1, 0.15) is 29.8 Å². The first-order chi connectivity index (χ1) is 20.0. The van der Waals surface area contributed by atoms with E-state index in [1.54, 1.807) is 19.1 Å². The van der Waals surface area contributed by atoms with Crippen molar-refractivity contribution in [3.05, 3.63) is 47.1 Å². The lowest BCUT2D eigenvalue weighted by Crippen LogP contribution is -2.58. The Morgan fingerprint density at radius 1 is 1.14 bits per heavy atom. The summed E-state index contributed by atoms with van der Waals surface area (Å²) < 4.78 is 31.6. The lowest BCUT2D eigenvalue weighted by molar-refractivity contribution is -0.335. The van der Waals surface area contributed by atoms with E-state index < -0.39 is 47.9 Å². The van der Waals surface area contributed by atoms with Gasteiger partial charge in [-0.1, -0.05) is 56.7 Å². The van der Waals surface area contributed by atoms with Crippen molar-refractivity contribution in [2.45, 2.75) is 135 Å². The van der Waals surface area contributed by atoms with Crippen LogP contribution in [0.15, 0.2) is 47.1 Å². The van der Waals surface area contributed by atoms with Gasteiger partial charge in [-0.15, -0.1) is 0 Å². The Balaban J connectivity index is 1.54. The molecule has 1 aliphatic carbocycles. The van der Waals surface area contributed by atoms with Gasteiger partial charge in [0.25, 0.3) is 0 Å². The minimum absolute atomic E-state index is 0.0855. The fourth-order valence-corrected chi connectivity index (χ4v) is 7.55. The van der Waals surface area contributed by atoms with Gasteiger partial charge < -0.3 is 33.9 Å². The highest BCUT2D eigenvalue weighted by Gasteiger charge is 2.63. The summed E-state index contributed by atoms with van der Waals surface area (Å²) in [7, 11) is 0. The molecule has 8 nitrogen and oxygen atoms in total. The Morgan fingerprint density at radius 3 is 2.67 bits per heavy atom. The predicted octanol–water partition coefficient (Wildman–Crippen LogP) is 5.29. The van der Waals surface area contributed by atoms with Crippen LogP contribution in [0.1, 0.15) is 86.5 Å². The van der Waals surface area contributed by atoms with Crippen LogP contribution >= 0.6 is 0 Å². The zero-order valence-electron chi connectivity index (χ0n) is 26.1. The minimum Gasteiger partial charge on any atom is -0.462 e. The molecule has 234 valence electrons. The van der Waals surface area contributed by atoms with Gasteiger partial charge >= 0.3 is 5.97 Å². The predicted molar refractivity (Wildman–Crippen MR) is 158 cm³/mol. The van der Waals surface area contributed by atoms with Crippen LogP contribution in [0.4, 0.5) is 0 Å². The van der Waals surface area contributed by atoms with Crippen LogP contribution < -0.4 is 0 Å². The van der Waals surface area contributed by atoms with Gasteiger partial charge in [0.15, 0.2) is 12.1 Å². The molecule has 0 radical (unpaired) electrons. The fraction of sp³-hybridized carbons (Fsp3) is 0.735. The molecule has 0 amide bonds. The first-order valence-corrected chi connectivity index (χ1v) is 16.0. The van der Waals surface area contributed by atoms with E-state index >= 15 is 0 Å². The van der Waals surface area contributed by atoms with Gasteiger partial charge in [-0.3, -0.25) is 4.79 Å². The van der Waals surface area contributed by atoms with E-state index in [-0.39, 0.29) is 18.1 Å². The van der Waals surface area contributed by atoms with Crippen molar-refractivity contribution in [1.29, 1.82) is 0 Å². The SMILES string of the molecule is CCO[C@@H]1O[C@@H]2[C@H](O)C(C)=C[C@H]3C(=O)O[C@H]4C[C@@H](C/C=C(\C)C[C@@H](C)/C=C/C=C\1[C@]23O)O[C@@]1(CC[C@H](C)[C@@H](CC)O1)C4. The number of hydrogen-bond acceptors (Lipinski definition) is 8. The van der Waals surface area contributed by atoms with Crippen LogP contribution in [-0.2, 0) is 28.5 Å². The quantitative estimate of drug-likeness (QED) is 0.340. The number of aliphatic hydroxyl groups excluding tert-OH is 1. The summed E-state index contributed by atoms with van der Waals surface area (Å²) >= 11 is 0. The highest BCUT2D eigenvalue weighted by Crippen LogP contribution is 2.49. The molecule has 11 atom stereocenters. The number of carbonyl (C=O) groups excluding carboxylic acids is 1. The van der Waals surface area contributed by atoms with Crippen LogP contribution in [0.2, 0.25) is 0 Å². The lowest BCUT2D eigenvalue weighted by atomic mass is 9.70. The summed E-state index contributed by atoms with van der Waals surface area (Å²) in [4.78, 5) is 14.1. The van der Waals surface area contributed by atoms with E-state index in [0.717, 1.165) is 25.7 Å². The van der Waals surface area contributed by atoms with Crippen molar-refractivity contribution in [1.82, 2.24) is 0 Å². The van der Waals surface area contributed by atoms with Crippen LogP contribution in [0, 0.1) is 17.8 Å². The second kappa shape index (κ2) is 12.7. The van der Waals surface area contributed by atoms with E-state index in [1.165, 1.54) is 5.57 Å². The minimum atomic E-state index is -1.83. The third-order valence-corrected chi connectivity index (χ3v) is 9.85. The number of esters is 1. The molecule has 3 saturated heterocycles. The fourth-order valence-electron chi connectivity index (χ4n) is 7.55.